The third-order valence-corrected chi connectivity index (χ3v) is 2.81. The maximum absolute atomic E-state index is 11.3. The summed E-state index contributed by atoms with van der Waals surface area (Å²) in [5.41, 5.74) is 0. The van der Waals surface area contributed by atoms with Crippen LogP contribution in [-0.4, -0.2) is 42.3 Å². The van der Waals surface area contributed by atoms with Gasteiger partial charge in [-0.15, -0.1) is 0 Å². The Morgan fingerprint density at radius 3 is 3.22 bits per heavy atom. The summed E-state index contributed by atoms with van der Waals surface area (Å²) in [7, 11) is 1.31. The van der Waals surface area contributed by atoms with Crippen molar-refractivity contribution in [1.29, 1.82) is 0 Å². The molecule has 1 atom stereocenters. The van der Waals surface area contributed by atoms with Crippen molar-refractivity contribution < 1.29 is 14.3 Å². The SMILES string of the molecule is COC(=O)c1nccc(NCC2CCCCO2)n1. The lowest BCUT2D eigenvalue weighted by Crippen LogP contribution is -2.27. The van der Waals surface area contributed by atoms with Crippen LogP contribution in [0.3, 0.4) is 0 Å². The first-order chi connectivity index (χ1) is 8.79. The van der Waals surface area contributed by atoms with Gasteiger partial charge in [-0.2, -0.15) is 0 Å². The third kappa shape index (κ3) is 3.40. The van der Waals surface area contributed by atoms with Crippen LogP contribution in [0.4, 0.5) is 5.82 Å². The van der Waals surface area contributed by atoms with Crippen molar-refractivity contribution in [1.82, 2.24) is 9.97 Å². The van der Waals surface area contributed by atoms with Gasteiger partial charge in [-0.3, -0.25) is 0 Å². The minimum atomic E-state index is -0.535. The highest BCUT2D eigenvalue weighted by Gasteiger charge is 2.14. The maximum atomic E-state index is 11.3. The number of nitrogens with zero attached hydrogens (tertiary/aromatic N) is 2. The Morgan fingerprint density at radius 1 is 1.61 bits per heavy atom. The van der Waals surface area contributed by atoms with Gasteiger partial charge in [-0.1, -0.05) is 0 Å². The molecule has 6 heteroatoms. The number of nitrogens with one attached hydrogen (secondary N) is 1. The van der Waals surface area contributed by atoms with Crippen LogP contribution in [0, 0.1) is 0 Å². The van der Waals surface area contributed by atoms with Crippen LogP contribution in [0.5, 0.6) is 0 Å². The summed E-state index contributed by atoms with van der Waals surface area (Å²) >= 11 is 0. The van der Waals surface area contributed by atoms with Crippen LogP contribution in [0.1, 0.15) is 29.9 Å². The van der Waals surface area contributed by atoms with Crippen molar-refractivity contribution in [2.24, 2.45) is 0 Å². The van der Waals surface area contributed by atoms with E-state index in [0.29, 0.717) is 12.4 Å². The molecule has 0 bridgehead atoms. The van der Waals surface area contributed by atoms with Crippen LogP contribution in [0.2, 0.25) is 0 Å². The van der Waals surface area contributed by atoms with Gasteiger partial charge in [-0.25, -0.2) is 14.8 Å². The molecule has 0 amide bonds. The number of esters is 1. The normalized spacial score (nSPS) is 19.3. The molecule has 0 saturated carbocycles. The van der Waals surface area contributed by atoms with Gasteiger partial charge in [0.05, 0.1) is 13.2 Å². The second-order valence-corrected chi connectivity index (χ2v) is 4.13. The zero-order valence-electron chi connectivity index (χ0n) is 10.4. The summed E-state index contributed by atoms with van der Waals surface area (Å²) in [5, 5.41) is 3.15. The summed E-state index contributed by atoms with van der Waals surface area (Å²) in [5.74, 6) is 0.138. The van der Waals surface area contributed by atoms with E-state index < -0.39 is 5.97 Å². The minimum absolute atomic E-state index is 0.0621. The van der Waals surface area contributed by atoms with Gasteiger partial charge < -0.3 is 14.8 Å². The van der Waals surface area contributed by atoms with Gasteiger partial charge in [-0.05, 0) is 25.3 Å². The van der Waals surface area contributed by atoms with Gasteiger partial charge in [0.15, 0.2) is 0 Å². The first kappa shape index (κ1) is 12.8. The molecule has 0 radical (unpaired) electrons. The van der Waals surface area contributed by atoms with Gasteiger partial charge in [0, 0.05) is 19.3 Å². The average molecular weight is 251 g/mol. The standard InChI is InChI=1S/C12H17N3O3/c1-17-12(16)11-13-6-5-10(15-11)14-8-9-4-2-3-7-18-9/h5-6,9H,2-4,7-8H2,1H3,(H,13,14,15). The molecule has 0 aromatic carbocycles. The summed E-state index contributed by atoms with van der Waals surface area (Å²) in [4.78, 5) is 19.2. The molecular formula is C12H17N3O3. The van der Waals surface area contributed by atoms with E-state index >= 15 is 0 Å². The average Bonchev–Trinajstić information content (AvgIpc) is 2.45. The van der Waals surface area contributed by atoms with Crippen LogP contribution >= 0.6 is 0 Å². The lowest BCUT2D eigenvalue weighted by molar-refractivity contribution is 0.0247. The van der Waals surface area contributed by atoms with E-state index in [2.05, 4.69) is 20.0 Å². The molecule has 1 aliphatic rings. The van der Waals surface area contributed by atoms with Gasteiger partial charge in [0.25, 0.3) is 0 Å². The molecule has 1 saturated heterocycles. The molecule has 1 aromatic rings. The van der Waals surface area contributed by atoms with Crippen molar-refractivity contribution in [2.75, 3.05) is 25.6 Å². The number of hydrogen-bond acceptors (Lipinski definition) is 6. The summed E-state index contributed by atoms with van der Waals surface area (Å²) in [6.07, 6.45) is 5.14. The van der Waals surface area contributed by atoms with Gasteiger partial charge in [0.2, 0.25) is 5.82 Å². The van der Waals surface area contributed by atoms with E-state index in [9.17, 15) is 4.79 Å². The van der Waals surface area contributed by atoms with Crippen molar-refractivity contribution >= 4 is 11.8 Å². The molecule has 2 heterocycles. The summed E-state index contributed by atoms with van der Waals surface area (Å²) in [6, 6.07) is 1.72. The smallest absolute Gasteiger partial charge is 0.376 e. The topological polar surface area (TPSA) is 73.3 Å². The van der Waals surface area contributed by atoms with Crippen LogP contribution in [-0.2, 0) is 9.47 Å². The second kappa shape index (κ2) is 6.30. The fourth-order valence-corrected chi connectivity index (χ4v) is 1.83. The molecule has 1 aromatic heterocycles. The zero-order chi connectivity index (χ0) is 12.8. The number of ether oxygens (including phenoxy) is 2. The van der Waals surface area contributed by atoms with E-state index in [0.717, 1.165) is 19.4 Å². The third-order valence-electron chi connectivity index (χ3n) is 2.81. The maximum Gasteiger partial charge on any atom is 0.376 e. The molecule has 6 nitrogen and oxygen atoms in total. The monoisotopic (exact) mass is 251 g/mol. The van der Waals surface area contributed by atoms with Crippen molar-refractivity contribution in [3.8, 4) is 0 Å². The quantitative estimate of drug-likeness (QED) is 0.812. The van der Waals surface area contributed by atoms with E-state index in [1.807, 2.05) is 0 Å². The molecule has 1 N–H and O–H groups in total. The Kier molecular flexibility index (Phi) is 4.46. The minimum Gasteiger partial charge on any atom is -0.463 e. The Morgan fingerprint density at radius 2 is 2.50 bits per heavy atom. The predicted molar refractivity (Wildman–Crippen MR) is 65.5 cm³/mol. The highest BCUT2D eigenvalue weighted by Crippen LogP contribution is 2.13. The Balaban J connectivity index is 1.90. The van der Waals surface area contributed by atoms with Crippen LogP contribution in [0.25, 0.3) is 0 Å². The summed E-state index contributed by atoms with van der Waals surface area (Å²) < 4.78 is 10.2. The number of anilines is 1. The molecule has 98 valence electrons. The first-order valence-corrected chi connectivity index (χ1v) is 6.06. The molecular weight excluding hydrogens is 234 g/mol. The largest absolute Gasteiger partial charge is 0.463 e. The fraction of sp³-hybridized carbons (Fsp3) is 0.583. The molecule has 1 aliphatic heterocycles. The van der Waals surface area contributed by atoms with E-state index in [4.69, 9.17) is 4.74 Å². The number of aromatic nitrogens is 2. The number of carbonyl (C=O) groups excluding carboxylic acids is 1. The Hall–Kier alpha value is -1.69. The van der Waals surface area contributed by atoms with Crippen LogP contribution in [0.15, 0.2) is 12.3 Å². The van der Waals surface area contributed by atoms with Gasteiger partial charge >= 0.3 is 5.97 Å². The highest BCUT2D eigenvalue weighted by molar-refractivity contribution is 5.85. The number of hydrogen-bond donors (Lipinski definition) is 1. The van der Waals surface area contributed by atoms with Gasteiger partial charge in [0.1, 0.15) is 5.82 Å². The van der Waals surface area contributed by atoms with Crippen molar-refractivity contribution in [2.45, 2.75) is 25.4 Å². The molecule has 1 unspecified atom stereocenters. The first-order valence-electron chi connectivity index (χ1n) is 6.06. The molecule has 0 spiro atoms. The Bertz CT molecular complexity index is 405. The molecule has 1 fully saturated rings. The van der Waals surface area contributed by atoms with E-state index in [1.165, 1.54) is 19.7 Å². The lowest BCUT2D eigenvalue weighted by Gasteiger charge is -2.22. The molecule has 0 aliphatic carbocycles. The highest BCUT2D eigenvalue weighted by atomic mass is 16.5. The fourth-order valence-electron chi connectivity index (χ4n) is 1.83. The predicted octanol–water partition coefficient (Wildman–Crippen LogP) is 1.24. The lowest BCUT2D eigenvalue weighted by atomic mass is 10.1. The number of rotatable bonds is 4. The van der Waals surface area contributed by atoms with E-state index in [-0.39, 0.29) is 11.9 Å². The second-order valence-electron chi connectivity index (χ2n) is 4.13. The number of methoxy groups -OCH3 is 1. The van der Waals surface area contributed by atoms with Crippen LogP contribution < -0.4 is 5.32 Å². The van der Waals surface area contributed by atoms with E-state index in [1.54, 1.807) is 6.07 Å². The number of carbonyl (C=O) groups is 1. The van der Waals surface area contributed by atoms with Crippen molar-refractivity contribution in [3.63, 3.8) is 0 Å². The summed E-state index contributed by atoms with van der Waals surface area (Å²) in [6.45, 7) is 1.52. The Labute approximate surface area is 106 Å². The molecule has 2 rings (SSSR count). The zero-order valence-corrected chi connectivity index (χ0v) is 10.4. The van der Waals surface area contributed by atoms with Crippen molar-refractivity contribution in [3.05, 3.63) is 18.1 Å². The molecule has 18 heavy (non-hydrogen) atoms.